The lowest BCUT2D eigenvalue weighted by atomic mass is 9.96. The monoisotopic (exact) mass is 324 g/mol. The second-order valence-corrected chi connectivity index (χ2v) is 5.39. The van der Waals surface area contributed by atoms with E-state index in [0.29, 0.717) is 22.4 Å². The van der Waals surface area contributed by atoms with Crippen molar-refractivity contribution < 1.29 is 19.7 Å². The average Bonchev–Trinajstić information content (AvgIpc) is 2.59. The van der Waals surface area contributed by atoms with Crippen LogP contribution in [0, 0.1) is 0 Å². The van der Waals surface area contributed by atoms with Crippen molar-refractivity contribution in [3.63, 3.8) is 0 Å². The molecular formula is C20H20O4. The van der Waals surface area contributed by atoms with E-state index in [1.54, 1.807) is 36.4 Å². The second-order valence-electron chi connectivity index (χ2n) is 5.39. The van der Waals surface area contributed by atoms with Gasteiger partial charge in [0.15, 0.2) is 5.78 Å². The Balaban J connectivity index is 2.37. The van der Waals surface area contributed by atoms with Gasteiger partial charge in [0.1, 0.15) is 17.2 Å². The maximum atomic E-state index is 12.2. The Bertz CT molecular complexity index is 773. The minimum atomic E-state index is -0.191. The van der Waals surface area contributed by atoms with E-state index in [4.69, 9.17) is 4.74 Å². The molecule has 24 heavy (non-hydrogen) atoms. The molecule has 4 nitrogen and oxygen atoms in total. The SMILES string of the molecule is C=CC(C)c1c(O)ccc(/C=C/C(=O)c2ccc(O)cc2)c1OC. The molecule has 2 rings (SSSR count). The van der Waals surface area contributed by atoms with Gasteiger partial charge in [-0.05, 0) is 48.6 Å². The van der Waals surface area contributed by atoms with Crippen LogP contribution in [-0.2, 0) is 0 Å². The molecule has 0 aliphatic rings. The topological polar surface area (TPSA) is 66.8 Å². The minimum absolute atomic E-state index is 0.0962. The number of ketones is 1. The van der Waals surface area contributed by atoms with Crippen LogP contribution in [-0.4, -0.2) is 23.1 Å². The fourth-order valence-corrected chi connectivity index (χ4v) is 2.41. The van der Waals surface area contributed by atoms with E-state index in [9.17, 15) is 15.0 Å². The molecule has 0 spiro atoms. The highest BCUT2D eigenvalue weighted by Crippen LogP contribution is 2.38. The Kier molecular flexibility index (Phi) is 5.42. The van der Waals surface area contributed by atoms with Crippen LogP contribution < -0.4 is 4.74 Å². The predicted molar refractivity (Wildman–Crippen MR) is 94.7 cm³/mol. The van der Waals surface area contributed by atoms with Gasteiger partial charge in [-0.1, -0.05) is 13.0 Å². The number of methoxy groups -OCH3 is 1. The van der Waals surface area contributed by atoms with E-state index >= 15 is 0 Å². The van der Waals surface area contributed by atoms with Gasteiger partial charge in [-0.25, -0.2) is 0 Å². The molecule has 2 N–H and O–H groups in total. The average molecular weight is 324 g/mol. The number of rotatable bonds is 6. The Morgan fingerprint density at radius 3 is 2.42 bits per heavy atom. The summed E-state index contributed by atoms with van der Waals surface area (Å²) < 4.78 is 5.43. The fraction of sp³-hybridized carbons (Fsp3) is 0.150. The van der Waals surface area contributed by atoms with Gasteiger partial charge in [0.25, 0.3) is 0 Å². The number of carbonyl (C=O) groups is 1. The molecule has 0 aliphatic heterocycles. The Hall–Kier alpha value is -3.01. The van der Waals surface area contributed by atoms with Crippen LogP contribution in [0.4, 0.5) is 0 Å². The lowest BCUT2D eigenvalue weighted by molar-refractivity contribution is 0.104. The zero-order valence-corrected chi connectivity index (χ0v) is 13.7. The molecular weight excluding hydrogens is 304 g/mol. The molecule has 1 unspecified atom stereocenters. The highest BCUT2D eigenvalue weighted by molar-refractivity contribution is 6.07. The number of phenolic OH excluding ortho intramolecular Hbond substituents is 2. The van der Waals surface area contributed by atoms with Crippen molar-refractivity contribution in [3.8, 4) is 17.2 Å². The lowest BCUT2D eigenvalue weighted by Crippen LogP contribution is -1.99. The first-order valence-electron chi connectivity index (χ1n) is 7.51. The van der Waals surface area contributed by atoms with Crippen LogP contribution in [0.5, 0.6) is 17.2 Å². The van der Waals surface area contributed by atoms with Crippen LogP contribution in [0.2, 0.25) is 0 Å². The van der Waals surface area contributed by atoms with Gasteiger partial charge in [0.2, 0.25) is 0 Å². The predicted octanol–water partition coefficient (Wildman–Crippen LogP) is 4.29. The zero-order chi connectivity index (χ0) is 17.7. The summed E-state index contributed by atoms with van der Waals surface area (Å²) in [6, 6.07) is 9.30. The molecule has 2 aromatic rings. The van der Waals surface area contributed by atoms with Crippen LogP contribution in [0.25, 0.3) is 6.08 Å². The third-order valence-electron chi connectivity index (χ3n) is 3.78. The van der Waals surface area contributed by atoms with Crippen molar-refractivity contribution >= 4 is 11.9 Å². The summed E-state index contributed by atoms with van der Waals surface area (Å²) in [7, 11) is 1.52. The summed E-state index contributed by atoms with van der Waals surface area (Å²) >= 11 is 0. The lowest BCUT2D eigenvalue weighted by Gasteiger charge is -2.16. The van der Waals surface area contributed by atoms with E-state index < -0.39 is 0 Å². The van der Waals surface area contributed by atoms with E-state index in [2.05, 4.69) is 6.58 Å². The van der Waals surface area contributed by atoms with Crippen LogP contribution in [0.3, 0.4) is 0 Å². The van der Waals surface area contributed by atoms with Gasteiger partial charge in [0.05, 0.1) is 7.11 Å². The Morgan fingerprint density at radius 1 is 1.17 bits per heavy atom. The van der Waals surface area contributed by atoms with Crippen molar-refractivity contribution in [2.75, 3.05) is 7.11 Å². The standard InChI is InChI=1S/C20H20O4/c1-4-13(2)19-18(23)12-8-15(20(19)24-3)7-11-17(22)14-5-9-16(21)10-6-14/h4-13,21,23H,1H2,2-3H3/b11-7+. The first kappa shape index (κ1) is 17.3. The van der Waals surface area contributed by atoms with Gasteiger partial charge in [-0.2, -0.15) is 0 Å². The summed E-state index contributed by atoms with van der Waals surface area (Å²) in [5.74, 6) is 0.460. The highest BCUT2D eigenvalue weighted by Gasteiger charge is 2.16. The van der Waals surface area contributed by atoms with Crippen molar-refractivity contribution in [2.45, 2.75) is 12.8 Å². The number of aromatic hydroxyl groups is 2. The summed E-state index contributed by atoms with van der Waals surface area (Å²) in [6.45, 7) is 5.65. The molecule has 0 radical (unpaired) electrons. The van der Waals surface area contributed by atoms with Gasteiger partial charge in [-0.3, -0.25) is 4.79 Å². The molecule has 124 valence electrons. The van der Waals surface area contributed by atoms with Crippen LogP contribution in [0.1, 0.15) is 34.3 Å². The molecule has 0 saturated carbocycles. The fourth-order valence-electron chi connectivity index (χ4n) is 2.41. The van der Waals surface area contributed by atoms with Crippen molar-refractivity contribution in [1.82, 2.24) is 0 Å². The van der Waals surface area contributed by atoms with Gasteiger partial charge in [0, 0.05) is 22.6 Å². The van der Waals surface area contributed by atoms with Gasteiger partial charge >= 0.3 is 0 Å². The molecule has 1 atom stereocenters. The molecule has 0 fully saturated rings. The van der Waals surface area contributed by atoms with Crippen LogP contribution >= 0.6 is 0 Å². The zero-order valence-electron chi connectivity index (χ0n) is 13.7. The third-order valence-corrected chi connectivity index (χ3v) is 3.78. The number of hydrogen-bond acceptors (Lipinski definition) is 4. The van der Waals surface area contributed by atoms with Crippen LogP contribution in [0.15, 0.2) is 55.1 Å². The summed E-state index contributed by atoms with van der Waals surface area (Å²) in [4.78, 5) is 12.2. The Morgan fingerprint density at radius 2 is 1.83 bits per heavy atom. The van der Waals surface area contributed by atoms with Crippen molar-refractivity contribution in [3.05, 3.63) is 71.8 Å². The van der Waals surface area contributed by atoms with Gasteiger partial charge < -0.3 is 14.9 Å². The molecule has 0 saturated heterocycles. The maximum absolute atomic E-state index is 12.2. The number of hydrogen-bond donors (Lipinski definition) is 2. The van der Waals surface area contributed by atoms with Gasteiger partial charge in [-0.15, -0.1) is 6.58 Å². The van der Waals surface area contributed by atoms with Crippen molar-refractivity contribution in [1.29, 1.82) is 0 Å². The molecule has 0 bridgehead atoms. The summed E-state index contributed by atoms with van der Waals surface area (Å²) in [6.07, 6.45) is 4.79. The van der Waals surface area contributed by atoms with Crippen molar-refractivity contribution in [2.24, 2.45) is 0 Å². The molecule has 4 heteroatoms. The third kappa shape index (κ3) is 3.66. The minimum Gasteiger partial charge on any atom is -0.508 e. The quantitative estimate of drug-likeness (QED) is 0.472. The number of carbonyl (C=O) groups excluding carboxylic acids is 1. The Labute approximate surface area is 141 Å². The smallest absolute Gasteiger partial charge is 0.185 e. The molecule has 0 heterocycles. The second kappa shape index (κ2) is 7.51. The molecule has 0 aliphatic carbocycles. The number of benzene rings is 2. The normalized spacial score (nSPS) is 12.1. The first-order chi connectivity index (χ1) is 11.5. The highest BCUT2D eigenvalue weighted by atomic mass is 16.5. The summed E-state index contributed by atoms with van der Waals surface area (Å²) in [5.41, 5.74) is 1.79. The summed E-state index contributed by atoms with van der Waals surface area (Å²) in [5, 5.41) is 19.4. The van der Waals surface area contributed by atoms with E-state index in [1.165, 1.54) is 25.3 Å². The number of phenols is 2. The number of ether oxygens (including phenoxy) is 1. The van der Waals surface area contributed by atoms with E-state index in [1.807, 2.05) is 6.92 Å². The maximum Gasteiger partial charge on any atom is 0.185 e. The van der Waals surface area contributed by atoms with E-state index in [0.717, 1.165) is 0 Å². The largest absolute Gasteiger partial charge is 0.508 e. The molecule has 2 aromatic carbocycles. The molecule has 0 aromatic heterocycles. The number of allylic oxidation sites excluding steroid dienone is 2. The van der Waals surface area contributed by atoms with E-state index in [-0.39, 0.29) is 23.2 Å². The first-order valence-corrected chi connectivity index (χ1v) is 7.51. The molecule has 0 amide bonds.